The van der Waals surface area contributed by atoms with Gasteiger partial charge in [0.15, 0.2) is 0 Å². The molecule has 1 nitrogen and oxygen atoms in total. The molecule has 94 valence electrons. The van der Waals surface area contributed by atoms with E-state index >= 15 is 0 Å². The van der Waals surface area contributed by atoms with E-state index in [-0.39, 0.29) is 5.41 Å². The van der Waals surface area contributed by atoms with Crippen molar-refractivity contribution < 1.29 is 5.11 Å². The Labute approximate surface area is 109 Å². The van der Waals surface area contributed by atoms with Crippen molar-refractivity contribution in [3.63, 3.8) is 0 Å². The van der Waals surface area contributed by atoms with Crippen LogP contribution in [-0.4, -0.2) is 5.11 Å². The van der Waals surface area contributed by atoms with Gasteiger partial charge in [-0.05, 0) is 35.1 Å². The van der Waals surface area contributed by atoms with Crippen LogP contribution in [0.1, 0.15) is 31.9 Å². The van der Waals surface area contributed by atoms with Gasteiger partial charge in [-0.2, -0.15) is 0 Å². The van der Waals surface area contributed by atoms with Crippen molar-refractivity contribution in [1.82, 2.24) is 0 Å². The van der Waals surface area contributed by atoms with Gasteiger partial charge in [0.05, 0.1) is 0 Å². The van der Waals surface area contributed by atoms with Gasteiger partial charge in [0.2, 0.25) is 0 Å². The summed E-state index contributed by atoms with van der Waals surface area (Å²) in [5.74, 6) is 0.334. The molecule has 0 saturated carbocycles. The highest BCUT2D eigenvalue weighted by molar-refractivity contribution is 5.71. The standard InChI is InChI=1S/C17H20O/c1-12-9-10-13(11-15(12)17(2,3)4)14-7-5-6-8-16(14)18/h5-11,18H,1-4H3. The van der Waals surface area contributed by atoms with Crippen LogP contribution in [0, 0.1) is 6.92 Å². The van der Waals surface area contributed by atoms with Crippen molar-refractivity contribution >= 4 is 0 Å². The van der Waals surface area contributed by atoms with Crippen LogP contribution in [0.5, 0.6) is 5.75 Å². The van der Waals surface area contributed by atoms with Gasteiger partial charge in [-0.1, -0.05) is 57.2 Å². The number of phenolic OH excluding ortho intramolecular Hbond substituents is 1. The Morgan fingerprint density at radius 2 is 1.61 bits per heavy atom. The first-order valence-electron chi connectivity index (χ1n) is 6.29. The smallest absolute Gasteiger partial charge is 0.123 e. The minimum Gasteiger partial charge on any atom is -0.507 e. The highest BCUT2D eigenvalue weighted by Crippen LogP contribution is 2.33. The van der Waals surface area contributed by atoms with Crippen LogP contribution in [-0.2, 0) is 5.41 Å². The molecule has 0 spiro atoms. The lowest BCUT2D eigenvalue weighted by Crippen LogP contribution is -2.13. The second kappa shape index (κ2) is 4.49. The van der Waals surface area contributed by atoms with Crippen molar-refractivity contribution in [1.29, 1.82) is 0 Å². The van der Waals surface area contributed by atoms with Crippen molar-refractivity contribution in [2.24, 2.45) is 0 Å². The predicted molar refractivity (Wildman–Crippen MR) is 77.0 cm³/mol. The molecule has 0 fully saturated rings. The molecule has 0 radical (unpaired) electrons. The summed E-state index contributed by atoms with van der Waals surface area (Å²) < 4.78 is 0. The number of para-hydroxylation sites is 1. The Kier molecular flexibility index (Phi) is 3.16. The van der Waals surface area contributed by atoms with Gasteiger partial charge < -0.3 is 5.11 Å². The van der Waals surface area contributed by atoms with Crippen LogP contribution in [0.4, 0.5) is 0 Å². The third-order valence-corrected chi connectivity index (χ3v) is 3.26. The second-order valence-electron chi connectivity index (χ2n) is 5.80. The third kappa shape index (κ3) is 2.40. The SMILES string of the molecule is Cc1ccc(-c2ccccc2O)cc1C(C)(C)C. The van der Waals surface area contributed by atoms with E-state index in [0.29, 0.717) is 5.75 Å². The van der Waals surface area contributed by atoms with Crippen molar-refractivity contribution in [3.05, 3.63) is 53.6 Å². The van der Waals surface area contributed by atoms with Gasteiger partial charge in [-0.15, -0.1) is 0 Å². The first-order valence-corrected chi connectivity index (χ1v) is 6.29. The van der Waals surface area contributed by atoms with Gasteiger partial charge in [0, 0.05) is 5.56 Å². The second-order valence-corrected chi connectivity index (χ2v) is 5.80. The zero-order valence-corrected chi connectivity index (χ0v) is 11.5. The molecule has 0 bridgehead atoms. The fourth-order valence-electron chi connectivity index (χ4n) is 2.32. The lowest BCUT2D eigenvalue weighted by Gasteiger charge is -2.22. The van der Waals surface area contributed by atoms with Crippen molar-refractivity contribution in [3.8, 4) is 16.9 Å². The highest BCUT2D eigenvalue weighted by atomic mass is 16.3. The molecule has 1 heteroatoms. The summed E-state index contributed by atoms with van der Waals surface area (Å²) in [6.07, 6.45) is 0. The molecule has 0 amide bonds. The Hall–Kier alpha value is -1.76. The van der Waals surface area contributed by atoms with Crippen LogP contribution < -0.4 is 0 Å². The van der Waals surface area contributed by atoms with Crippen molar-refractivity contribution in [2.75, 3.05) is 0 Å². The Morgan fingerprint density at radius 3 is 2.22 bits per heavy atom. The van der Waals surface area contributed by atoms with E-state index in [0.717, 1.165) is 11.1 Å². The summed E-state index contributed by atoms with van der Waals surface area (Å²) >= 11 is 0. The number of aryl methyl sites for hydroxylation is 1. The molecule has 0 atom stereocenters. The van der Waals surface area contributed by atoms with E-state index < -0.39 is 0 Å². The Balaban J connectivity index is 2.58. The molecule has 0 heterocycles. The Morgan fingerprint density at radius 1 is 0.944 bits per heavy atom. The average molecular weight is 240 g/mol. The zero-order valence-electron chi connectivity index (χ0n) is 11.5. The number of hydrogen-bond acceptors (Lipinski definition) is 1. The minimum absolute atomic E-state index is 0.116. The summed E-state index contributed by atoms with van der Waals surface area (Å²) in [6, 6.07) is 13.9. The average Bonchev–Trinajstić information content (AvgIpc) is 2.29. The van der Waals surface area contributed by atoms with Crippen LogP contribution in [0.25, 0.3) is 11.1 Å². The summed E-state index contributed by atoms with van der Waals surface area (Å²) in [4.78, 5) is 0. The largest absolute Gasteiger partial charge is 0.507 e. The van der Waals surface area contributed by atoms with Crippen LogP contribution in [0.2, 0.25) is 0 Å². The normalized spacial score (nSPS) is 11.6. The van der Waals surface area contributed by atoms with Gasteiger partial charge in [0.1, 0.15) is 5.75 Å². The maximum Gasteiger partial charge on any atom is 0.123 e. The summed E-state index contributed by atoms with van der Waals surface area (Å²) in [6.45, 7) is 8.77. The molecular weight excluding hydrogens is 220 g/mol. The molecule has 2 aromatic carbocycles. The van der Waals surface area contributed by atoms with E-state index in [1.165, 1.54) is 11.1 Å². The van der Waals surface area contributed by atoms with E-state index in [1.807, 2.05) is 18.2 Å². The minimum atomic E-state index is 0.116. The fourth-order valence-corrected chi connectivity index (χ4v) is 2.32. The van der Waals surface area contributed by atoms with Gasteiger partial charge >= 0.3 is 0 Å². The summed E-state index contributed by atoms with van der Waals surface area (Å²) in [5.41, 5.74) is 4.70. The number of phenols is 1. The number of hydrogen-bond donors (Lipinski definition) is 1. The zero-order chi connectivity index (χ0) is 13.3. The monoisotopic (exact) mass is 240 g/mol. The summed E-state index contributed by atoms with van der Waals surface area (Å²) in [5, 5.41) is 9.93. The van der Waals surface area contributed by atoms with Crippen LogP contribution in [0.15, 0.2) is 42.5 Å². The molecule has 0 aliphatic carbocycles. The van der Waals surface area contributed by atoms with E-state index in [2.05, 4.69) is 45.9 Å². The topological polar surface area (TPSA) is 20.2 Å². The van der Waals surface area contributed by atoms with Gasteiger partial charge in [-0.3, -0.25) is 0 Å². The third-order valence-electron chi connectivity index (χ3n) is 3.26. The molecule has 0 aliphatic heterocycles. The van der Waals surface area contributed by atoms with Gasteiger partial charge in [0.25, 0.3) is 0 Å². The van der Waals surface area contributed by atoms with E-state index in [4.69, 9.17) is 0 Å². The van der Waals surface area contributed by atoms with Crippen LogP contribution in [0.3, 0.4) is 0 Å². The number of rotatable bonds is 1. The molecule has 0 saturated heterocycles. The first-order chi connectivity index (χ1) is 8.39. The molecular formula is C17H20O. The molecule has 0 aliphatic rings. The molecule has 0 aromatic heterocycles. The number of aromatic hydroxyl groups is 1. The Bertz CT molecular complexity index is 562. The molecule has 18 heavy (non-hydrogen) atoms. The molecule has 0 unspecified atom stereocenters. The maximum absolute atomic E-state index is 9.93. The first kappa shape index (κ1) is 12.7. The summed E-state index contributed by atoms with van der Waals surface area (Å²) in [7, 11) is 0. The van der Waals surface area contributed by atoms with E-state index in [9.17, 15) is 5.11 Å². The molecule has 1 N–H and O–H groups in total. The molecule has 2 aromatic rings. The van der Waals surface area contributed by atoms with E-state index in [1.54, 1.807) is 6.07 Å². The fraction of sp³-hybridized carbons (Fsp3) is 0.294. The maximum atomic E-state index is 9.93. The van der Waals surface area contributed by atoms with Gasteiger partial charge in [-0.25, -0.2) is 0 Å². The highest BCUT2D eigenvalue weighted by Gasteiger charge is 2.17. The van der Waals surface area contributed by atoms with Crippen molar-refractivity contribution in [2.45, 2.75) is 33.1 Å². The number of benzene rings is 2. The lowest BCUT2D eigenvalue weighted by atomic mass is 9.82. The molecule has 2 rings (SSSR count). The predicted octanol–water partition coefficient (Wildman–Crippen LogP) is 4.67. The van der Waals surface area contributed by atoms with Crippen LogP contribution >= 0.6 is 0 Å². The lowest BCUT2D eigenvalue weighted by molar-refractivity contribution is 0.477. The quantitative estimate of drug-likeness (QED) is 0.768.